The van der Waals surface area contributed by atoms with E-state index in [0.717, 1.165) is 11.3 Å². The van der Waals surface area contributed by atoms with E-state index < -0.39 is 0 Å². The van der Waals surface area contributed by atoms with Gasteiger partial charge < -0.3 is 4.90 Å². The highest BCUT2D eigenvalue weighted by molar-refractivity contribution is 6.04. The molecular weight excluding hydrogens is 216 g/mol. The van der Waals surface area contributed by atoms with Gasteiger partial charge in [0, 0.05) is 5.69 Å². The summed E-state index contributed by atoms with van der Waals surface area (Å²) in [5.41, 5.74) is 3.21. The van der Waals surface area contributed by atoms with Gasteiger partial charge in [-0.1, -0.05) is 17.7 Å². The summed E-state index contributed by atoms with van der Waals surface area (Å²) in [6.07, 6.45) is 0. The summed E-state index contributed by atoms with van der Waals surface area (Å²) >= 11 is 0. The fraction of sp³-hybridized carbons (Fsp3) is 0.385. The van der Waals surface area contributed by atoms with Crippen LogP contribution in [-0.2, 0) is 9.59 Å². The molecule has 1 N–H and O–H groups in total. The molecular formula is C13H16N2O2. The average molecular weight is 232 g/mol. The summed E-state index contributed by atoms with van der Waals surface area (Å²) in [5.74, 6) is -0.477. The van der Waals surface area contributed by atoms with Crippen LogP contribution in [0.25, 0.3) is 0 Å². The van der Waals surface area contributed by atoms with Crippen LogP contribution in [0.3, 0.4) is 0 Å². The van der Waals surface area contributed by atoms with Crippen molar-refractivity contribution >= 4 is 17.5 Å². The van der Waals surface area contributed by atoms with Gasteiger partial charge in [0.25, 0.3) is 0 Å². The van der Waals surface area contributed by atoms with Crippen molar-refractivity contribution in [2.24, 2.45) is 0 Å². The standard InChI is InChI=1S/C13H16N2O2/c1-8-4-5-11(9(2)6-8)15-7-12(16)14-13(17)10(15)3/h4-6,10H,7H2,1-3H3,(H,14,16,17). The van der Waals surface area contributed by atoms with Gasteiger partial charge in [-0.2, -0.15) is 0 Å². The molecule has 1 aromatic rings. The van der Waals surface area contributed by atoms with Crippen LogP contribution in [0, 0.1) is 13.8 Å². The van der Waals surface area contributed by atoms with Crippen molar-refractivity contribution < 1.29 is 9.59 Å². The predicted molar refractivity (Wildman–Crippen MR) is 65.9 cm³/mol. The van der Waals surface area contributed by atoms with E-state index in [9.17, 15) is 9.59 Å². The Bertz CT molecular complexity index is 482. The number of aryl methyl sites for hydroxylation is 2. The molecule has 1 atom stereocenters. The average Bonchev–Trinajstić information content (AvgIpc) is 2.24. The van der Waals surface area contributed by atoms with Gasteiger partial charge in [-0.25, -0.2) is 0 Å². The van der Waals surface area contributed by atoms with Crippen molar-refractivity contribution in [2.75, 3.05) is 11.4 Å². The van der Waals surface area contributed by atoms with E-state index in [1.807, 2.05) is 30.9 Å². The number of piperazine rings is 1. The van der Waals surface area contributed by atoms with Crippen molar-refractivity contribution in [2.45, 2.75) is 26.8 Å². The van der Waals surface area contributed by atoms with Crippen LogP contribution in [0.1, 0.15) is 18.1 Å². The molecule has 1 fully saturated rings. The predicted octanol–water partition coefficient (Wildman–Crippen LogP) is 1.15. The maximum Gasteiger partial charge on any atom is 0.249 e. The molecule has 0 spiro atoms. The van der Waals surface area contributed by atoms with Crippen molar-refractivity contribution in [3.63, 3.8) is 0 Å². The Morgan fingerprint density at radius 2 is 2.00 bits per heavy atom. The van der Waals surface area contributed by atoms with Gasteiger partial charge in [-0.3, -0.25) is 14.9 Å². The summed E-state index contributed by atoms with van der Waals surface area (Å²) in [6.45, 7) is 6.05. The molecule has 1 heterocycles. The fourth-order valence-corrected chi connectivity index (χ4v) is 2.14. The number of nitrogens with zero attached hydrogens (tertiary/aromatic N) is 1. The lowest BCUT2D eigenvalue weighted by Crippen LogP contribution is -2.57. The monoisotopic (exact) mass is 232 g/mol. The molecule has 0 aliphatic carbocycles. The minimum Gasteiger partial charge on any atom is -0.350 e. The molecule has 90 valence electrons. The third-order valence-electron chi connectivity index (χ3n) is 3.09. The van der Waals surface area contributed by atoms with Crippen molar-refractivity contribution in [1.82, 2.24) is 5.32 Å². The molecule has 4 nitrogen and oxygen atoms in total. The lowest BCUT2D eigenvalue weighted by atomic mass is 10.1. The number of hydrogen-bond donors (Lipinski definition) is 1. The maximum atomic E-state index is 11.6. The summed E-state index contributed by atoms with van der Waals surface area (Å²) in [4.78, 5) is 24.8. The number of carbonyl (C=O) groups excluding carboxylic acids is 2. The van der Waals surface area contributed by atoms with Crippen LogP contribution in [0.2, 0.25) is 0 Å². The summed E-state index contributed by atoms with van der Waals surface area (Å²) in [6, 6.07) is 5.70. The SMILES string of the molecule is Cc1ccc(N2CC(=O)NC(=O)C2C)c(C)c1. The molecule has 2 amide bonds. The summed E-state index contributed by atoms with van der Waals surface area (Å²) < 4.78 is 0. The zero-order valence-electron chi connectivity index (χ0n) is 10.3. The highest BCUT2D eigenvalue weighted by atomic mass is 16.2. The molecule has 1 aliphatic rings. The first kappa shape index (κ1) is 11.6. The van der Waals surface area contributed by atoms with Crippen LogP contribution in [0.5, 0.6) is 0 Å². The Hall–Kier alpha value is -1.84. The van der Waals surface area contributed by atoms with Gasteiger partial charge in [0.1, 0.15) is 6.04 Å². The van der Waals surface area contributed by atoms with E-state index in [1.165, 1.54) is 5.56 Å². The van der Waals surface area contributed by atoms with Crippen LogP contribution >= 0.6 is 0 Å². The quantitative estimate of drug-likeness (QED) is 0.739. The highest BCUT2D eigenvalue weighted by Gasteiger charge is 2.30. The number of nitrogens with one attached hydrogen (secondary N) is 1. The number of anilines is 1. The second kappa shape index (κ2) is 4.20. The molecule has 2 rings (SSSR count). The molecule has 0 saturated carbocycles. The van der Waals surface area contributed by atoms with Crippen molar-refractivity contribution in [3.05, 3.63) is 29.3 Å². The van der Waals surface area contributed by atoms with E-state index >= 15 is 0 Å². The first-order valence-electron chi connectivity index (χ1n) is 5.66. The first-order valence-corrected chi connectivity index (χ1v) is 5.66. The lowest BCUT2D eigenvalue weighted by molar-refractivity contribution is -0.132. The van der Waals surface area contributed by atoms with Gasteiger partial charge >= 0.3 is 0 Å². The van der Waals surface area contributed by atoms with Gasteiger partial charge in [0.05, 0.1) is 6.54 Å². The number of amides is 2. The molecule has 1 saturated heterocycles. The number of benzene rings is 1. The van der Waals surface area contributed by atoms with Gasteiger partial charge in [-0.05, 0) is 32.4 Å². The molecule has 1 aromatic carbocycles. The first-order chi connectivity index (χ1) is 7.99. The van der Waals surface area contributed by atoms with Gasteiger partial charge in [0.15, 0.2) is 0 Å². The van der Waals surface area contributed by atoms with E-state index in [4.69, 9.17) is 0 Å². The molecule has 4 heteroatoms. The Kier molecular flexibility index (Phi) is 2.88. The molecule has 0 radical (unpaired) electrons. The fourth-order valence-electron chi connectivity index (χ4n) is 2.14. The minimum atomic E-state index is -0.311. The number of rotatable bonds is 1. The molecule has 17 heavy (non-hydrogen) atoms. The second-order valence-corrected chi connectivity index (χ2v) is 4.51. The van der Waals surface area contributed by atoms with E-state index in [0.29, 0.717) is 0 Å². The van der Waals surface area contributed by atoms with Crippen LogP contribution in [0.4, 0.5) is 5.69 Å². The summed E-state index contributed by atoms with van der Waals surface area (Å²) in [7, 11) is 0. The van der Waals surface area contributed by atoms with E-state index in [-0.39, 0.29) is 24.4 Å². The van der Waals surface area contributed by atoms with Crippen LogP contribution in [0.15, 0.2) is 18.2 Å². The Labute approximate surface area is 101 Å². The largest absolute Gasteiger partial charge is 0.350 e. The topological polar surface area (TPSA) is 49.4 Å². The Morgan fingerprint density at radius 3 is 2.65 bits per heavy atom. The second-order valence-electron chi connectivity index (χ2n) is 4.51. The third kappa shape index (κ3) is 2.16. The lowest BCUT2D eigenvalue weighted by Gasteiger charge is -2.34. The van der Waals surface area contributed by atoms with Crippen LogP contribution < -0.4 is 10.2 Å². The van der Waals surface area contributed by atoms with Crippen molar-refractivity contribution in [3.8, 4) is 0 Å². The molecule has 1 unspecified atom stereocenters. The van der Waals surface area contributed by atoms with E-state index in [1.54, 1.807) is 6.92 Å². The van der Waals surface area contributed by atoms with Crippen LogP contribution in [-0.4, -0.2) is 24.4 Å². The zero-order valence-corrected chi connectivity index (χ0v) is 10.3. The smallest absolute Gasteiger partial charge is 0.249 e. The third-order valence-corrected chi connectivity index (χ3v) is 3.09. The molecule has 0 aromatic heterocycles. The highest BCUT2D eigenvalue weighted by Crippen LogP contribution is 2.24. The number of carbonyl (C=O) groups is 2. The van der Waals surface area contributed by atoms with Gasteiger partial charge in [-0.15, -0.1) is 0 Å². The zero-order chi connectivity index (χ0) is 12.6. The molecule has 0 bridgehead atoms. The Morgan fingerprint density at radius 1 is 1.29 bits per heavy atom. The minimum absolute atomic E-state index is 0.233. The molecule has 1 aliphatic heterocycles. The normalized spacial score (nSPS) is 20.4. The van der Waals surface area contributed by atoms with E-state index in [2.05, 4.69) is 11.4 Å². The summed E-state index contributed by atoms with van der Waals surface area (Å²) in [5, 5.41) is 2.34. The number of hydrogen-bond acceptors (Lipinski definition) is 3. The Balaban J connectivity index is 2.37. The number of imide groups is 1. The van der Waals surface area contributed by atoms with Crippen molar-refractivity contribution in [1.29, 1.82) is 0 Å². The maximum absolute atomic E-state index is 11.6. The van der Waals surface area contributed by atoms with Gasteiger partial charge in [0.2, 0.25) is 11.8 Å².